The van der Waals surface area contributed by atoms with Crippen LogP contribution in [0.3, 0.4) is 0 Å². The number of H-pyrrole nitrogens is 2. The Labute approximate surface area is 113 Å². The quantitative estimate of drug-likeness (QED) is 0.724. The van der Waals surface area contributed by atoms with Crippen molar-refractivity contribution in [2.45, 2.75) is 6.10 Å². The number of pyridine rings is 1. The number of nitrogens with two attached hydrogens (primary N) is 1. The number of aromatic nitrogens is 3. The van der Waals surface area contributed by atoms with E-state index in [0.29, 0.717) is 42.4 Å². The predicted octanol–water partition coefficient (Wildman–Crippen LogP) is 0.0685. The van der Waals surface area contributed by atoms with Crippen LogP contribution in [0.1, 0.15) is 0 Å². The Morgan fingerprint density at radius 2 is 2.42 bits per heavy atom. The minimum Gasteiger partial charge on any atom is -0.373 e. The van der Waals surface area contributed by atoms with Crippen molar-refractivity contribution in [3.05, 3.63) is 21.7 Å². The molecular formula is C11H14ClN5O2. The molecule has 1 unspecified atom stereocenters. The highest BCUT2D eigenvalue weighted by molar-refractivity contribution is 6.34. The molecule has 1 saturated heterocycles. The molecule has 0 bridgehead atoms. The number of ether oxygens (including phenoxy) is 1. The molecule has 2 aromatic heterocycles. The van der Waals surface area contributed by atoms with Gasteiger partial charge in [-0.3, -0.25) is 4.98 Å². The van der Waals surface area contributed by atoms with Crippen molar-refractivity contribution in [2.75, 3.05) is 31.1 Å². The molecular weight excluding hydrogens is 270 g/mol. The molecule has 0 aromatic carbocycles. The first-order valence-electron chi connectivity index (χ1n) is 6.02. The van der Waals surface area contributed by atoms with Gasteiger partial charge in [0.25, 0.3) is 0 Å². The van der Waals surface area contributed by atoms with Gasteiger partial charge in [-0.1, -0.05) is 11.6 Å². The van der Waals surface area contributed by atoms with Gasteiger partial charge in [-0.15, -0.1) is 0 Å². The molecule has 19 heavy (non-hydrogen) atoms. The molecule has 102 valence electrons. The number of aromatic amines is 2. The zero-order valence-electron chi connectivity index (χ0n) is 10.1. The van der Waals surface area contributed by atoms with E-state index in [0.717, 1.165) is 5.69 Å². The molecule has 0 spiro atoms. The van der Waals surface area contributed by atoms with Crippen LogP contribution in [-0.2, 0) is 4.74 Å². The van der Waals surface area contributed by atoms with Gasteiger partial charge in [-0.2, -0.15) is 0 Å². The van der Waals surface area contributed by atoms with E-state index in [2.05, 4.69) is 19.9 Å². The Hall–Kier alpha value is -1.57. The average Bonchev–Trinajstić information content (AvgIpc) is 2.79. The van der Waals surface area contributed by atoms with Crippen LogP contribution >= 0.6 is 11.6 Å². The molecule has 0 saturated carbocycles. The van der Waals surface area contributed by atoms with Gasteiger partial charge in [-0.05, 0) is 0 Å². The Balaban J connectivity index is 2.07. The summed E-state index contributed by atoms with van der Waals surface area (Å²) in [6.45, 7) is 2.37. The summed E-state index contributed by atoms with van der Waals surface area (Å²) in [5.74, 6) is 0. The second kappa shape index (κ2) is 4.84. The van der Waals surface area contributed by atoms with Crippen LogP contribution in [0.25, 0.3) is 11.2 Å². The lowest BCUT2D eigenvalue weighted by Crippen LogP contribution is -2.45. The Morgan fingerprint density at radius 1 is 1.58 bits per heavy atom. The number of nitrogens with zero attached hydrogens (tertiary/aromatic N) is 2. The van der Waals surface area contributed by atoms with Crippen molar-refractivity contribution in [2.24, 2.45) is 5.73 Å². The van der Waals surface area contributed by atoms with Crippen molar-refractivity contribution >= 4 is 28.5 Å². The van der Waals surface area contributed by atoms with Crippen molar-refractivity contribution in [1.29, 1.82) is 0 Å². The molecule has 1 fully saturated rings. The smallest absolute Gasteiger partial charge is 0.325 e. The maximum absolute atomic E-state index is 11.4. The summed E-state index contributed by atoms with van der Waals surface area (Å²) in [5.41, 5.74) is 7.23. The molecule has 7 nitrogen and oxygen atoms in total. The molecule has 4 N–H and O–H groups in total. The van der Waals surface area contributed by atoms with E-state index in [-0.39, 0.29) is 11.8 Å². The second-order valence-corrected chi connectivity index (χ2v) is 4.84. The first-order chi connectivity index (χ1) is 9.19. The van der Waals surface area contributed by atoms with Gasteiger partial charge in [0.15, 0.2) is 5.65 Å². The Morgan fingerprint density at radius 3 is 3.21 bits per heavy atom. The molecule has 3 heterocycles. The molecule has 1 aliphatic heterocycles. The van der Waals surface area contributed by atoms with Gasteiger partial charge in [0.1, 0.15) is 5.52 Å². The minimum atomic E-state index is -0.297. The van der Waals surface area contributed by atoms with Crippen LogP contribution in [0.5, 0.6) is 0 Å². The zero-order valence-corrected chi connectivity index (χ0v) is 10.9. The fraction of sp³-hybridized carbons (Fsp3) is 0.455. The topological polar surface area (TPSA) is 100 Å². The normalized spacial score (nSPS) is 20.1. The second-order valence-electron chi connectivity index (χ2n) is 4.43. The molecule has 1 aliphatic rings. The fourth-order valence-corrected chi connectivity index (χ4v) is 2.58. The number of hydrogen-bond acceptors (Lipinski definition) is 5. The number of anilines is 1. The largest absolute Gasteiger partial charge is 0.373 e. The molecule has 0 amide bonds. The first-order valence-corrected chi connectivity index (χ1v) is 6.40. The summed E-state index contributed by atoms with van der Waals surface area (Å²) in [4.78, 5) is 22.9. The van der Waals surface area contributed by atoms with Crippen LogP contribution in [-0.4, -0.2) is 47.3 Å². The maximum atomic E-state index is 11.4. The monoisotopic (exact) mass is 283 g/mol. The number of nitrogens with one attached hydrogen (secondary N) is 2. The van der Waals surface area contributed by atoms with Crippen LogP contribution in [0.15, 0.2) is 11.0 Å². The summed E-state index contributed by atoms with van der Waals surface area (Å²) in [6.07, 6.45) is 1.51. The number of imidazole rings is 1. The lowest BCUT2D eigenvalue weighted by Gasteiger charge is -2.34. The van der Waals surface area contributed by atoms with Crippen molar-refractivity contribution in [3.8, 4) is 0 Å². The van der Waals surface area contributed by atoms with Gasteiger partial charge >= 0.3 is 5.69 Å². The first kappa shape index (κ1) is 12.5. The maximum Gasteiger partial charge on any atom is 0.325 e. The van der Waals surface area contributed by atoms with Gasteiger partial charge in [0.2, 0.25) is 0 Å². The van der Waals surface area contributed by atoms with Crippen LogP contribution < -0.4 is 16.3 Å². The van der Waals surface area contributed by atoms with E-state index >= 15 is 0 Å². The van der Waals surface area contributed by atoms with Crippen LogP contribution in [0, 0.1) is 0 Å². The highest BCUT2D eigenvalue weighted by atomic mass is 35.5. The number of hydrogen-bond donors (Lipinski definition) is 3. The van der Waals surface area contributed by atoms with Crippen molar-refractivity contribution in [1.82, 2.24) is 15.0 Å². The Kier molecular flexibility index (Phi) is 3.17. The van der Waals surface area contributed by atoms with E-state index < -0.39 is 0 Å². The lowest BCUT2D eigenvalue weighted by molar-refractivity contribution is 0.0466. The van der Waals surface area contributed by atoms with Crippen molar-refractivity contribution in [3.63, 3.8) is 0 Å². The van der Waals surface area contributed by atoms with Crippen molar-refractivity contribution < 1.29 is 4.74 Å². The SMILES string of the molecule is NCC1CN(c2c(Cl)cnc3[nH]c(=O)[nH]c23)CCO1. The fourth-order valence-electron chi connectivity index (χ4n) is 2.32. The number of morpholine rings is 1. The molecule has 0 aliphatic carbocycles. The third-order valence-corrected chi connectivity index (χ3v) is 3.47. The van der Waals surface area contributed by atoms with E-state index in [1.54, 1.807) is 0 Å². The van der Waals surface area contributed by atoms with Gasteiger partial charge in [0, 0.05) is 19.6 Å². The third kappa shape index (κ3) is 2.20. The predicted molar refractivity (Wildman–Crippen MR) is 72.7 cm³/mol. The van der Waals surface area contributed by atoms with Crippen LogP contribution in [0.4, 0.5) is 5.69 Å². The Bertz CT molecular complexity index is 652. The zero-order chi connectivity index (χ0) is 13.4. The summed E-state index contributed by atoms with van der Waals surface area (Å²) in [5, 5.41) is 0.500. The molecule has 3 rings (SSSR count). The van der Waals surface area contributed by atoms with Gasteiger partial charge in [-0.25, -0.2) is 9.78 Å². The molecule has 8 heteroatoms. The average molecular weight is 284 g/mol. The van der Waals surface area contributed by atoms with Crippen LogP contribution in [0.2, 0.25) is 5.02 Å². The standard InChI is InChI=1S/C11H14ClN5O2/c12-7-4-14-10-8(15-11(18)16-10)9(7)17-1-2-19-6(3-13)5-17/h4,6H,1-3,5,13H2,(H2,14,15,16,18). The molecule has 1 atom stereocenters. The summed E-state index contributed by atoms with van der Waals surface area (Å²) in [7, 11) is 0. The minimum absolute atomic E-state index is 0.0290. The number of rotatable bonds is 2. The lowest BCUT2D eigenvalue weighted by atomic mass is 10.2. The number of fused-ring (bicyclic) bond motifs is 1. The van der Waals surface area contributed by atoms with E-state index in [4.69, 9.17) is 22.1 Å². The molecule has 0 radical (unpaired) electrons. The number of halogens is 1. The molecule has 2 aromatic rings. The summed E-state index contributed by atoms with van der Waals surface area (Å²) < 4.78 is 5.53. The third-order valence-electron chi connectivity index (χ3n) is 3.20. The highest BCUT2D eigenvalue weighted by Gasteiger charge is 2.24. The van der Waals surface area contributed by atoms with E-state index in [9.17, 15) is 4.79 Å². The van der Waals surface area contributed by atoms with Gasteiger partial charge < -0.3 is 20.4 Å². The van der Waals surface area contributed by atoms with E-state index in [1.807, 2.05) is 0 Å². The van der Waals surface area contributed by atoms with E-state index in [1.165, 1.54) is 6.20 Å². The summed E-state index contributed by atoms with van der Waals surface area (Å²) >= 11 is 6.22. The van der Waals surface area contributed by atoms with Gasteiger partial charge in [0.05, 0.1) is 29.6 Å². The highest BCUT2D eigenvalue weighted by Crippen LogP contribution is 2.31. The summed E-state index contributed by atoms with van der Waals surface area (Å²) in [6, 6.07) is 0.